The Hall–Kier alpha value is -2.08. The molecule has 2 rings (SSSR count). The van der Waals surface area contributed by atoms with Gasteiger partial charge in [-0.3, -0.25) is 19.3 Å². The molecule has 1 aromatic carbocycles. The molecule has 1 aromatic rings. The molecule has 0 unspecified atom stereocenters. The molecule has 148 valence electrons. The fourth-order valence-electron chi connectivity index (χ4n) is 3.32. The van der Waals surface area contributed by atoms with E-state index < -0.39 is 0 Å². The number of nitrogens with zero attached hydrogens (tertiary/aromatic N) is 3. The monoisotopic (exact) mass is 393 g/mol. The number of anilines is 1. The minimum absolute atomic E-state index is 0.00147. The Morgan fingerprint density at radius 2 is 1.89 bits per heavy atom. The maximum Gasteiger partial charge on any atom is 0.248 e. The van der Waals surface area contributed by atoms with Crippen LogP contribution in [-0.2, 0) is 14.4 Å². The molecule has 1 aliphatic rings. The molecule has 1 heterocycles. The van der Waals surface area contributed by atoms with Gasteiger partial charge >= 0.3 is 0 Å². The highest BCUT2D eigenvalue weighted by Crippen LogP contribution is 2.28. The number of likely N-dealkylation sites (N-methyl/N-ethyl adjacent to an activating group) is 1. The third-order valence-electron chi connectivity index (χ3n) is 5.18. The second kappa shape index (κ2) is 9.22. The lowest BCUT2D eigenvalue weighted by molar-refractivity contribution is -0.142. The Morgan fingerprint density at radius 3 is 2.48 bits per heavy atom. The summed E-state index contributed by atoms with van der Waals surface area (Å²) in [5.74, 6) is -0.428. The summed E-state index contributed by atoms with van der Waals surface area (Å²) in [5.41, 5.74) is 1.52. The molecule has 1 saturated heterocycles. The number of rotatable bonds is 7. The highest BCUT2D eigenvalue weighted by Gasteiger charge is 2.34. The quantitative estimate of drug-likeness (QED) is 0.715. The number of hydrogen-bond acceptors (Lipinski definition) is 3. The van der Waals surface area contributed by atoms with Gasteiger partial charge in [0, 0.05) is 23.2 Å². The Labute approximate surface area is 166 Å². The lowest BCUT2D eigenvalue weighted by Gasteiger charge is -2.27. The summed E-state index contributed by atoms with van der Waals surface area (Å²) in [4.78, 5) is 42.4. The molecule has 1 aliphatic heterocycles. The van der Waals surface area contributed by atoms with E-state index in [-0.39, 0.29) is 43.4 Å². The van der Waals surface area contributed by atoms with Crippen molar-refractivity contribution < 1.29 is 14.4 Å². The summed E-state index contributed by atoms with van der Waals surface area (Å²) in [5, 5.41) is 0.581. The lowest BCUT2D eigenvalue weighted by atomic mass is 10.0. The van der Waals surface area contributed by atoms with Gasteiger partial charge in [-0.1, -0.05) is 31.5 Å². The molecular weight excluding hydrogens is 366 g/mol. The van der Waals surface area contributed by atoms with Crippen LogP contribution in [-0.4, -0.2) is 53.8 Å². The minimum atomic E-state index is -0.216. The number of carbonyl (C=O) groups is 3. The summed E-state index contributed by atoms with van der Waals surface area (Å²) < 4.78 is 0. The molecule has 0 spiro atoms. The second-order valence-electron chi connectivity index (χ2n) is 6.80. The molecule has 0 saturated carbocycles. The van der Waals surface area contributed by atoms with Gasteiger partial charge in [-0.25, -0.2) is 0 Å². The first-order valence-corrected chi connectivity index (χ1v) is 9.83. The van der Waals surface area contributed by atoms with Crippen LogP contribution >= 0.6 is 11.6 Å². The largest absolute Gasteiger partial charge is 0.333 e. The van der Waals surface area contributed by atoms with Gasteiger partial charge in [0.15, 0.2) is 0 Å². The first kappa shape index (κ1) is 21.2. The van der Waals surface area contributed by atoms with E-state index in [2.05, 4.69) is 0 Å². The van der Waals surface area contributed by atoms with E-state index in [4.69, 9.17) is 11.6 Å². The predicted molar refractivity (Wildman–Crippen MR) is 107 cm³/mol. The molecule has 0 aromatic heterocycles. The second-order valence-corrected chi connectivity index (χ2v) is 7.21. The van der Waals surface area contributed by atoms with Gasteiger partial charge in [0.25, 0.3) is 0 Å². The maximum atomic E-state index is 12.7. The molecule has 0 radical (unpaired) electrons. The number of hydrogen-bond donors (Lipinski definition) is 0. The molecular formula is C20H28ClN3O3. The van der Waals surface area contributed by atoms with E-state index in [1.165, 1.54) is 4.90 Å². The van der Waals surface area contributed by atoms with E-state index >= 15 is 0 Å². The standard InChI is InChI=1S/C20H28ClN3O3/c1-5-15(6-2)20(27)22(7-3)11-18(25)23-12-19(26)24(13-23)17-10-8-9-16(21)14(17)4/h8-10,15H,5-7,11-13H2,1-4H3. The Morgan fingerprint density at radius 1 is 1.22 bits per heavy atom. The van der Waals surface area contributed by atoms with Gasteiger partial charge in [-0.2, -0.15) is 0 Å². The van der Waals surface area contributed by atoms with E-state index in [0.717, 1.165) is 18.4 Å². The third-order valence-corrected chi connectivity index (χ3v) is 5.59. The molecule has 0 atom stereocenters. The zero-order valence-corrected chi connectivity index (χ0v) is 17.3. The number of amides is 3. The summed E-state index contributed by atoms with van der Waals surface area (Å²) in [6.45, 7) is 8.34. The van der Waals surface area contributed by atoms with Crippen LogP contribution in [0.15, 0.2) is 18.2 Å². The smallest absolute Gasteiger partial charge is 0.248 e. The zero-order valence-electron chi connectivity index (χ0n) is 16.5. The molecule has 0 N–H and O–H groups in total. The summed E-state index contributed by atoms with van der Waals surface area (Å²) in [6, 6.07) is 5.38. The van der Waals surface area contributed by atoms with E-state index in [1.807, 2.05) is 33.8 Å². The van der Waals surface area contributed by atoms with Gasteiger partial charge in [-0.05, 0) is 44.4 Å². The van der Waals surface area contributed by atoms with Gasteiger partial charge in [0.2, 0.25) is 17.7 Å². The fraction of sp³-hybridized carbons (Fsp3) is 0.550. The van der Waals surface area contributed by atoms with Crippen LogP contribution in [0.25, 0.3) is 0 Å². The average Bonchev–Trinajstić information content (AvgIpc) is 3.04. The first-order valence-electron chi connectivity index (χ1n) is 9.45. The van der Waals surface area contributed by atoms with Crippen LogP contribution in [0.1, 0.15) is 39.2 Å². The Bertz CT molecular complexity index is 718. The van der Waals surface area contributed by atoms with Crippen molar-refractivity contribution in [3.8, 4) is 0 Å². The molecule has 1 fully saturated rings. The lowest BCUT2D eigenvalue weighted by Crippen LogP contribution is -2.44. The highest BCUT2D eigenvalue weighted by molar-refractivity contribution is 6.31. The SMILES string of the molecule is CCC(CC)C(=O)N(CC)CC(=O)N1CC(=O)N(c2cccc(Cl)c2C)C1. The predicted octanol–water partition coefficient (Wildman–Crippen LogP) is 3.07. The van der Waals surface area contributed by atoms with Crippen molar-refractivity contribution in [3.63, 3.8) is 0 Å². The van der Waals surface area contributed by atoms with Crippen LogP contribution < -0.4 is 4.90 Å². The third kappa shape index (κ3) is 4.61. The van der Waals surface area contributed by atoms with Crippen LogP contribution in [0.2, 0.25) is 5.02 Å². The minimum Gasteiger partial charge on any atom is -0.333 e. The summed E-state index contributed by atoms with van der Waals surface area (Å²) in [6.07, 6.45) is 1.51. The topological polar surface area (TPSA) is 60.9 Å². The van der Waals surface area contributed by atoms with Crippen molar-refractivity contribution in [1.29, 1.82) is 0 Å². The summed E-state index contributed by atoms with van der Waals surface area (Å²) in [7, 11) is 0. The van der Waals surface area contributed by atoms with E-state index in [1.54, 1.807) is 21.9 Å². The number of carbonyl (C=O) groups excluding carboxylic acids is 3. The molecule has 27 heavy (non-hydrogen) atoms. The van der Waals surface area contributed by atoms with Crippen molar-refractivity contribution in [2.45, 2.75) is 40.5 Å². The number of halogens is 1. The van der Waals surface area contributed by atoms with Crippen molar-refractivity contribution in [3.05, 3.63) is 28.8 Å². The molecule has 7 heteroatoms. The van der Waals surface area contributed by atoms with E-state index in [9.17, 15) is 14.4 Å². The Kier molecular flexibility index (Phi) is 7.25. The van der Waals surface area contributed by atoms with Gasteiger partial charge in [0.1, 0.15) is 13.2 Å². The van der Waals surface area contributed by atoms with Crippen molar-refractivity contribution in [2.75, 3.05) is 31.2 Å². The van der Waals surface area contributed by atoms with Crippen LogP contribution in [0.4, 0.5) is 5.69 Å². The number of benzene rings is 1. The average molecular weight is 394 g/mol. The normalized spacial score (nSPS) is 14.2. The summed E-state index contributed by atoms with van der Waals surface area (Å²) >= 11 is 6.16. The van der Waals surface area contributed by atoms with Gasteiger partial charge in [0.05, 0.1) is 6.54 Å². The molecule has 3 amide bonds. The van der Waals surface area contributed by atoms with Gasteiger partial charge < -0.3 is 9.80 Å². The van der Waals surface area contributed by atoms with Crippen molar-refractivity contribution in [1.82, 2.24) is 9.80 Å². The van der Waals surface area contributed by atoms with Crippen molar-refractivity contribution in [2.24, 2.45) is 5.92 Å². The molecule has 0 bridgehead atoms. The Balaban J connectivity index is 2.08. The highest BCUT2D eigenvalue weighted by atomic mass is 35.5. The van der Waals surface area contributed by atoms with Crippen LogP contribution in [0.3, 0.4) is 0 Å². The van der Waals surface area contributed by atoms with Crippen molar-refractivity contribution >= 4 is 35.0 Å². The first-order chi connectivity index (χ1) is 12.8. The maximum absolute atomic E-state index is 12.7. The molecule has 0 aliphatic carbocycles. The van der Waals surface area contributed by atoms with E-state index in [0.29, 0.717) is 17.3 Å². The van der Waals surface area contributed by atoms with Crippen LogP contribution in [0, 0.1) is 12.8 Å². The zero-order chi connectivity index (χ0) is 20.1. The fourth-order valence-corrected chi connectivity index (χ4v) is 3.49. The van der Waals surface area contributed by atoms with Crippen LogP contribution in [0.5, 0.6) is 0 Å². The molecule has 6 nitrogen and oxygen atoms in total. The van der Waals surface area contributed by atoms with Gasteiger partial charge in [-0.15, -0.1) is 0 Å².